The summed E-state index contributed by atoms with van der Waals surface area (Å²) in [6.45, 7) is 5.01. The van der Waals surface area contributed by atoms with Gasteiger partial charge in [-0.25, -0.2) is 8.78 Å². The fourth-order valence-electron chi connectivity index (χ4n) is 6.11. The van der Waals surface area contributed by atoms with Gasteiger partial charge in [-0.2, -0.15) is 13.2 Å². The summed E-state index contributed by atoms with van der Waals surface area (Å²) >= 11 is 6.19. The van der Waals surface area contributed by atoms with Gasteiger partial charge in [-0.3, -0.25) is 24.3 Å². The molecule has 5 rings (SSSR count). The van der Waals surface area contributed by atoms with E-state index in [4.69, 9.17) is 11.6 Å². The zero-order valence-electron chi connectivity index (χ0n) is 24.2. The van der Waals surface area contributed by atoms with Gasteiger partial charge in [0.15, 0.2) is 11.6 Å². The van der Waals surface area contributed by atoms with Crippen molar-refractivity contribution in [1.82, 2.24) is 20.0 Å². The summed E-state index contributed by atoms with van der Waals surface area (Å²) in [5, 5.41) is 5.65. The zero-order chi connectivity index (χ0) is 31.4. The van der Waals surface area contributed by atoms with Crippen LogP contribution in [0.2, 0.25) is 5.02 Å². The first-order valence-corrected chi connectivity index (χ1v) is 15.2. The van der Waals surface area contributed by atoms with Crippen molar-refractivity contribution in [3.05, 3.63) is 58.1 Å². The number of hydrogen-bond acceptors (Lipinski definition) is 6. The summed E-state index contributed by atoms with van der Waals surface area (Å²) in [6, 6.07) is 7.59. The van der Waals surface area contributed by atoms with Crippen LogP contribution in [0, 0.1) is 11.6 Å². The normalized spacial score (nSPS) is 20.0. The van der Waals surface area contributed by atoms with Crippen molar-refractivity contribution < 1.29 is 31.5 Å². The second kappa shape index (κ2) is 14.0. The lowest BCUT2D eigenvalue weighted by atomic mass is 10.1. The van der Waals surface area contributed by atoms with Crippen molar-refractivity contribution in [2.24, 2.45) is 0 Å². The molecule has 0 aromatic heterocycles. The summed E-state index contributed by atoms with van der Waals surface area (Å²) < 4.78 is 67.9. The van der Waals surface area contributed by atoms with Crippen LogP contribution in [0.5, 0.6) is 0 Å². The molecule has 3 aliphatic rings. The first kappa shape index (κ1) is 32.4. The molecule has 1 atom stereocenters. The number of hydrogen-bond donors (Lipinski definition) is 2. The molecule has 2 aromatic rings. The fourth-order valence-corrected chi connectivity index (χ4v) is 6.28. The molecule has 2 amide bonds. The molecule has 3 fully saturated rings. The first-order chi connectivity index (χ1) is 21.0. The number of fused-ring (bicyclic) bond motifs is 1. The van der Waals surface area contributed by atoms with Crippen LogP contribution in [0.3, 0.4) is 0 Å². The van der Waals surface area contributed by atoms with Crippen molar-refractivity contribution in [2.45, 2.75) is 38.0 Å². The van der Waals surface area contributed by atoms with Crippen molar-refractivity contribution in [3.8, 4) is 0 Å². The standard InChI is InChI=1S/C30H36ClF5N6O2/c31-21-4-6-24(25(16-21)42-14-10-39(11-15-42)9-7-30(34,35)36)38-29(44)23-5-3-20(27(32)28(23)33)17-37-26(43)19-40-12-13-41-8-1-2-22(41)18-40/h3-6,16,22H,1-2,7-15,17-19H2,(H,37,43)(H,38,44)/t22-/m0/s1. The highest BCUT2D eigenvalue weighted by Crippen LogP contribution is 2.31. The summed E-state index contributed by atoms with van der Waals surface area (Å²) in [6.07, 6.45) is -2.84. The highest BCUT2D eigenvalue weighted by Gasteiger charge is 2.32. The maximum Gasteiger partial charge on any atom is 0.390 e. The minimum absolute atomic E-state index is 0.0800. The summed E-state index contributed by atoms with van der Waals surface area (Å²) in [5.41, 5.74) is 0.238. The summed E-state index contributed by atoms with van der Waals surface area (Å²) in [4.78, 5) is 33.7. The lowest BCUT2D eigenvalue weighted by Gasteiger charge is -2.37. The molecule has 240 valence electrons. The quantitative estimate of drug-likeness (QED) is 0.397. The maximum absolute atomic E-state index is 15.1. The van der Waals surface area contributed by atoms with E-state index in [1.165, 1.54) is 30.7 Å². The molecule has 2 N–H and O–H groups in total. The predicted octanol–water partition coefficient (Wildman–Crippen LogP) is 4.34. The molecule has 14 heteroatoms. The molecule has 3 heterocycles. The SMILES string of the molecule is O=C(CN1CCN2CCC[C@H]2C1)NCc1ccc(C(=O)Nc2ccc(Cl)cc2N2CCN(CCC(F)(F)F)CC2)c(F)c1F. The van der Waals surface area contributed by atoms with Gasteiger partial charge in [0.25, 0.3) is 5.91 Å². The van der Waals surface area contributed by atoms with E-state index >= 15 is 4.39 Å². The minimum atomic E-state index is -4.23. The minimum Gasteiger partial charge on any atom is -0.367 e. The number of nitrogens with zero attached hydrogens (tertiary/aromatic N) is 4. The van der Waals surface area contributed by atoms with Crippen LogP contribution in [-0.4, -0.2) is 104 Å². The fraction of sp³-hybridized carbons (Fsp3) is 0.533. The van der Waals surface area contributed by atoms with Crippen molar-refractivity contribution in [2.75, 3.05) is 75.7 Å². The van der Waals surface area contributed by atoms with E-state index in [1.54, 1.807) is 11.0 Å². The molecule has 0 bridgehead atoms. The third-order valence-electron chi connectivity index (χ3n) is 8.55. The Morgan fingerprint density at radius 3 is 2.43 bits per heavy atom. The molecule has 3 saturated heterocycles. The van der Waals surface area contributed by atoms with Gasteiger partial charge in [0.1, 0.15) is 0 Å². The second-order valence-electron chi connectivity index (χ2n) is 11.6. The Morgan fingerprint density at radius 1 is 0.932 bits per heavy atom. The smallest absolute Gasteiger partial charge is 0.367 e. The molecule has 0 unspecified atom stereocenters. The van der Waals surface area contributed by atoms with Crippen LogP contribution in [-0.2, 0) is 11.3 Å². The van der Waals surface area contributed by atoms with E-state index in [1.807, 2.05) is 4.90 Å². The van der Waals surface area contributed by atoms with Crippen LogP contribution in [0.15, 0.2) is 30.3 Å². The number of alkyl halides is 3. The van der Waals surface area contributed by atoms with Gasteiger partial charge >= 0.3 is 6.18 Å². The van der Waals surface area contributed by atoms with Gasteiger partial charge < -0.3 is 15.5 Å². The third kappa shape index (κ3) is 8.17. The Balaban J connectivity index is 1.17. The van der Waals surface area contributed by atoms with Gasteiger partial charge in [0.05, 0.1) is 29.9 Å². The average molecular weight is 643 g/mol. The van der Waals surface area contributed by atoms with E-state index in [0.717, 1.165) is 32.6 Å². The van der Waals surface area contributed by atoms with Crippen LogP contribution >= 0.6 is 11.6 Å². The Morgan fingerprint density at radius 2 is 1.68 bits per heavy atom. The van der Waals surface area contributed by atoms with Crippen molar-refractivity contribution in [3.63, 3.8) is 0 Å². The molecule has 3 aliphatic heterocycles. The van der Waals surface area contributed by atoms with Crippen LogP contribution in [0.1, 0.15) is 35.2 Å². The first-order valence-electron chi connectivity index (χ1n) is 14.8. The number of benzene rings is 2. The Labute approximate surface area is 258 Å². The molecular weight excluding hydrogens is 607 g/mol. The third-order valence-corrected chi connectivity index (χ3v) is 8.79. The molecular formula is C30H36ClF5N6O2. The largest absolute Gasteiger partial charge is 0.390 e. The van der Waals surface area contributed by atoms with Gasteiger partial charge in [-0.05, 0) is 43.7 Å². The van der Waals surface area contributed by atoms with Gasteiger partial charge in [-0.15, -0.1) is 0 Å². The lowest BCUT2D eigenvalue weighted by Crippen LogP contribution is -2.52. The molecule has 0 radical (unpaired) electrons. The molecule has 0 saturated carbocycles. The number of nitrogens with one attached hydrogen (secondary N) is 2. The van der Waals surface area contributed by atoms with Crippen LogP contribution in [0.25, 0.3) is 0 Å². The predicted molar refractivity (Wildman–Crippen MR) is 158 cm³/mol. The number of carbonyl (C=O) groups excluding carboxylic acids is 2. The highest BCUT2D eigenvalue weighted by molar-refractivity contribution is 6.31. The average Bonchev–Trinajstić information content (AvgIpc) is 3.46. The number of anilines is 2. The molecule has 0 spiro atoms. The van der Waals surface area contributed by atoms with Crippen molar-refractivity contribution >= 4 is 34.8 Å². The van der Waals surface area contributed by atoms with E-state index in [2.05, 4.69) is 20.4 Å². The monoisotopic (exact) mass is 642 g/mol. The summed E-state index contributed by atoms with van der Waals surface area (Å²) in [5.74, 6) is -3.71. The number of amides is 2. The Kier molecular flexibility index (Phi) is 10.3. The number of rotatable bonds is 9. The molecule has 8 nitrogen and oxygen atoms in total. The zero-order valence-corrected chi connectivity index (χ0v) is 25.0. The Hall–Kier alpha value is -3.00. The van der Waals surface area contributed by atoms with E-state index < -0.39 is 35.7 Å². The number of carbonyl (C=O) groups is 2. The van der Waals surface area contributed by atoms with E-state index in [0.29, 0.717) is 48.6 Å². The van der Waals surface area contributed by atoms with Crippen molar-refractivity contribution in [1.29, 1.82) is 0 Å². The molecule has 0 aliphatic carbocycles. The molecule has 2 aromatic carbocycles. The number of halogens is 6. The van der Waals surface area contributed by atoms with Crippen LogP contribution < -0.4 is 15.5 Å². The highest BCUT2D eigenvalue weighted by atomic mass is 35.5. The maximum atomic E-state index is 15.1. The molecule has 44 heavy (non-hydrogen) atoms. The van der Waals surface area contributed by atoms with Gasteiger partial charge in [0, 0.05) is 75.5 Å². The Bertz CT molecular complexity index is 1350. The van der Waals surface area contributed by atoms with E-state index in [9.17, 15) is 27.2 Å². The number of piperazine rings is 2. The lowest BCUT2D eigenvalue weighted by molar-refractivity contribution is -0.138. The second-order valence-corrected chi connectivity index (χ2v) is 12.0. The van der Waals surface area contributed by atoms with Gasteiger partial charge in [0.2, 0.25) is 5.91 Å². The topological polar surface area (TPSA) is 71.2 Å². The van der Waals surface area contributed by atoms with E-state index in [-0.39, 0.29) is 31.1 Å². The van der Waals surface area contributed by atoms with Crippen LogP contribution in [0.4, 0.5) is 33.3 Å². The van der Waals surface area contributed by atoms with Gasteiger partial charge in [-0.1, -0.05) is 17.7 Å². The summed E-state index contributed by atoms with van der Waals surface area (Å²) in [7, 11) is 0.